The summed E-state index contributed by atoms with van der Waals surface area (Å²) in [6.07, 6.45) is 0. The molecule has 40 heavy (non-hydrogen) atoms. The predicted octanol–water partition coefficient (Wildman–Crippen LogP) is 4.39. The third kappa shape index (κ3) is 9.39. The number of benzene rings is 2. The Hall–Kier alpha value is -4.99. The highest BCUT2D eigenvalue weighted by atomic mass is 16.6. The van der Waals surface area contributed by atoms with Gasteiger partial charge in [0.25, 0.3) is 0 Å². The van der Waals surface area contributed by atoms with E-state index in [1.807, 2.05) is 0 Å². The quantitative estimate of drug-likeness (QED) is 0.116. The minimum Gasteiger partial charge on any atom is -0.459 e. The number of ether oxygens (including phenoxy) is 5. The number of carbonyl (C=O) groups excluding carboxylic acids is 5. The van der Waals surface area contributed by atoms with Gasteiger partial charge in [-0.25, -0.2) is 24.0 Å². The summed E-state index contributed by atoms with van der Waals surface area (Å²) in [5.74, 6) is -3.09. The molecule has 0 atom stereocenters. The fourth-order valence-corrected chi connectivity index (χ4v) is 2.93. The molecule has 0 unspecified atom stereocenters. The van der Waals surface area contributed by atoms with Crippen LogP contribution in [0.15, 0.2) is 78.9 Å². The second-order valence-electron chi connectivity index (χ2n) is 8.56. The van der Waals surface area contributed by atoms with Crippen LogP contribution in [0.3, 0.4) is 0 Å². The Bertz CT molecular complexity index is 1330. The first-order valence-electron chi connectivity index (χ1n) is 12.0. The van der Waals surface area contributed by atoms with E-state index in [0.29, 0.717) is 11.1 Å². The van der Waals surface area contributed by atoms with Gasteiger partial charge in [0.05, 0.1) is 11.1 Å². The monoisotopic (exact) mass is 550 g/mol. The van der Waals surface area contributed by atoms with Gasteiger partial charge in [0.1, 0.15) is 32.2 Å². The standard InChI is InChI=1S/C30H30O10/c1-18(2)26(31)36-13-15-38-29(34)22-9-12-24(21-7-10-23(11-8-21)40-28(33)20(5)6)25(17-22)30(35)39-16-14-37-27(32)19(3)4/h7-12,17H,1,3,5,13-16H2,2,4,6H3. The molecule has 0 aliphatic heterocycles. The van der Waals surface area contributed by atoms with Crippen LogP contribution >= 0.6 is 0 Å². The average Bonchev–Trinajstić information content (AvgIpc) is 2.92. The van der Waals surface area contributed by atoms with Crippen LogP contribution in [-0.2, 0) is 33.3 Å². The van der Waals surface area contributed by atoms with Crippen LogP contribution in [-0.4, -0.2) is 56.3 Å². The topological polar surface area (TPSA) is 132 Å². The van der Waals surface area contributed by atoms with Crippen LogP contribution in [0.25, 0.3) is 11.1 Å². The smallest absolute Gasteiger partial charge is 0.338 e. The Morgan fingerprint density at radius 1 is 0.600 bits per heavy atom. The minimum absolute atomic E-state index is 0.0288. The molecule has 0 fully saturated rings. The van der Waals surface area contributed by atoms with Gasteiger partial charge in [-0.05, 0) is 56.2 Å². The lowest BCUT2D eigenvalue weighted by Crippen LogP contribution is -2.16. The summed E-state index contributed by atoms with van der Waals surface area (Å²) in [7, 11) is 0. The number of hydrogen-bond acceptors (Lipinski definition) is 10. The molecule has 0 spiro atoms. The maximum atomic E-state index is 13.0. The van der Waals surface area contributed by atoms with E-state index in [9.17, 15) is 24.0 Å². The van der Waals surface area contributed by atoms with Crippen molar-refractivity contribution < 1.29 is 47.7 Å². The number of carbonyl (C=O) groups is 5. The van der Waals surface area contributed by atoms with Gasteiger partial charge in [-0.15, -0.1) is 0 Å². The van der Waals surface area contributed by atoms with E-state index in [1.54, 1.807) is 12.1 Å². The average molecular weight is 551 g/mol. The summed E-state index contributed by atoms with van der Waals surface area (Å²) >= 11 is 0. The van der Waals surface area contributed by atoms with Gasteiger partial charge in [0.15, 0.2) is 0 Å². The fourth-order valence-electron chi connectivity index (χ4n) is 2.93. The molecule has 0 bridgehead atoms. The first-order valence-corrected chi connectivity index (χ1v) is 12.0. The Morgan fingerprint density at radius 3 is 1.57 bits per heavy atom. The van der Waals surface area contributed by atoms with Crippen molar-refractivity contribution in [2.75, 3.05) is 26.4 Å². The molecule has 10 nitrogen and oxygen atoms in total. The molecule has 0 amide bonds. The lowest BCUT2D eigenvalue weighted by atomic mass is 9.97. The minimum atomic E-state index is -0.788. The zero-order valence-corrected chi connectivity index (χ0v) is 22.6. The van der Waals surface area contributed by atoms with Crippen molar-refractivity contribution in [3.8, 4) is 16.9 Å². The van der Waals surface area contributed by atoms with Crippen LogP contribution in [0.2, 0.25) is 0 Å². The van der Waals surface area contributed by atoms with E-state index in [0.717, 1.165) is 0 Å². The molecule has 2 aromatic carbocycles. The number of hydrogen-bond donors (Lipinski definition) is 0. The van der Waals surface area contributed by atoms with Crippen molar-refractivity contribution in [2.45, 2.75) is 20.8 Å². The Kier molecular flexibility index (Phi) is 11.6. The molecular weight excluding hydrogens is 520 g/mol. The maximum absolute atomic E-state index is 13.0. The van der Waals surface area contributed by atoms with E-state index < -0.39 is 29.8 Å². The molecule has 0 aromatic heterocycles. The molecule has 0 saturated carbocycles. The molecular formula is C30H30O10. The zero-order valence-electron chi connectivity index (χ0n) is 22.6. The second-order valence-corrected chi connectivity index (χ2v) is 8.56. The van der Waals surface area contributed by atoms with Crippen LogP contribution in [0.1, 0.15) is 41.5 Å². The van der Waals surface area contributed by atoms with E-state index in [4.69, 9.17) is 23.7 Å². The third-order valence-corrected chi connectivity index (χ3v) is 5.00. The summed E-state index contributed by atoms with van der Waals surface area (Å²) in [4.78, 5) is 60.4. The van der Waals surface area contributed by atoms with Crippen molar-refractivity contribution in [2.24, 2.45) is 0 Å². The van der Waals surface area contributed by atoms with Crippen molar-refractivity contribution in [3.05, 3.63) is 90.0 Å². The highest BCUT2D eigenvalue weighted by Gasteiger charge is 2.19. The van der Waals surface area contributed by atoms with Crippen LogP contribution in [0.5, 0.6) is 5.75 Å². The molecule has 210 valence electrons. The van der Waals surface area contributed by atoms with Gasteiger partial charge in [-0.1, -0.05) is 37.9 Å². The molecule has 2 aromatic rings. The van der Waals surface area contributed by atoms with Gasteiger partial charge >= 0.3 is 29.8 Å². The van der Waals surface area contributed by atoms with Gasteiger partial charge in [-0.3, -0.25) is 0 Å². The summed E-state index contributed by atoms with van der Waals surface area (Å²) in [5.41, 5.74) is 1.69. The molecule has 0 heterocycles. The largest absolute Gasteiger partial charge is 0.459 e. The van der Waals surface area contributed by atoms with Gasteiger partial charge in [0.2, 0.25) is 0 Å². The van der Waals surface area contributed by atoms with Gasteiger partial charge in [0, 0.05) is 16.7 Å². The summed E-state index contributed by atoms with van der Waals surface area (Å²) in [6, 6.07) is 10.6. The zero-order chi connectivity index (χ0) is 29.8. The summed E-state index contributed by atoms with van der Waals surface area (Å²) < 4.78 is 25.4. The van der Waals surface area contributed by atoms with Gasteiger partial charge < -0.3 is 23.7 Å². The Balaban J connectivity index is 2.24. The molecule has 0 aliphatic rings. The lowest BCUT2D eigenvalue weighted by Gasteiger charge is -2.13. The highest BCUT2D eigenvalue weighted by molar-refractivity contribution is 6.01. The fraction of sp³-hybridized carbons (Fsp3) is 0.233. The first-order chi connectivity index (χ1) is 18.9. The predicted molar refractivity (Wildman–Crippen MR) is 144 cm³/mol. The first kappa shape index (κ1) is 31.2. The SMILES string of the molecule is C=C(C)C(=O)OCCOC(=O)c1ccc(-c2ccc(OC(=O)C(=C)C)cc2)c(C(=O)OCCOC(=O)C(=C)C)c1. The normalized spacial score (nSPS) is 10.1. The number of rotatable bonds is 13. The van der Waals surface area contributed by atoms with E-state index >= 15 is 0 Å². The van der Waals surface area contributed by atoms with E-state index in [2.05, 4.69) is 19.7 Å². The highest BCUT2D eigenvalue weighted by Crippen LogP contribution is 2.28. The van der Waals surface area contributed by atoms with Crippen LogP contribution in [0, 0.1) is 0 Å². The van der Waals surface area contributed by atoms with Crippen molar-refractivity contribution in [1.29, 1.82) is 0 Å². The molecule has 0 radical (unpaired) electrons. The maximum Gasteiger partial charge on any atom is 0.338 e. The Morgan fingerprint density at radius 2 is 1.07 bits per heavy atom. The lowest BCUT2D eigenvalue weighted by molar-refractivity contribution is -0.140. The molecule has 10 heteroatoms. The van der Waals surface area contributed by atoms with Crippen LogP contribution in [0.4, 0.5) is 0 Å². The third-order valence-electron chi connectivity index (χ3n) is 5.00. The summed E-state index contributed by atoms with van der Waals surface area (Å²) in [5, 5.41) is 0. The molecule has 0 saturated heterocycles. The molecule has 0 aliphatic carbocycles. The van der Waals surface area contributed by atoms with E-state index in [1.165, 1.54) is 51.1 Å². The van der Waals surface area contributed by atoms with Crippen molar-refractivity contribution >= 4 is 29.8 Å². The molecule has 0 N–H and O–H groups in total. The Labute approximate surface area is 231 Å². The van der Waals surface area contributed by atoms with E-state index in [-0.39, 0.29) is 60.0 Å². The van der Waals surface area contributed by atoms with Crippen molar-refractivity contribution in [3.63, 3.8) is 0 Å². The van der Waals surface area contributed by atoms with Crippen molar-refractivity contribution in [1.82, 2.24) is 0 Å². The second kappa shape index (κ2) is 14.8. The molecule has 2 rings (SSSR count). The van der Waals surface area contributed by atoms with Gasteiger partial charge in [-0.2, -0.15) is 0 Å². The summed E-state index contributed by atoms with van der Waals surface area (Å²) in [6.45, 7) is 14.2. The van der Waals surface area contributed by atoms with Crippen LogP contribution < -0.4 is 4.74 Å². The number of esters is 5.